The third kappa shape index (κ3) is 3.91. The van der Waals surface area contributed by atoms with Gasteiger partial charge in [0.1, 0.15) is 17.1 Å². The molecule has 4 aromatic rings. The van der Waals surface area contributed by atoms with Gasteiger partial charge >= 0.3 is 0 Å². The van der Waals surface area contributed by atoms with Crippen LogP contribution in [0.25, 0.3) is 5.65 Å². The number of hydrogen-bond acceptors (Lipinski definition) is 6. The molecule has 1 amide bonds. The molecular formula is C20H14ClN5O4. The van der Waals surface area contributed by atoms with E-state index in [2.05, 4.69) is 15.4 Å². The fraction of sp³-hybridized carbons (Fsp3) is 0.0500. The smallest absolute Gasteiger partial charge is 0.275 e. The van der Waals surface area contributed by atoms with Gasteiger partial charge in [-0.1, -0.05) is 11.6 Å². The van der Waals surface area contributed by atoms with E-state index in [0.29, 0.717) is 16.4 Å². The van der Waals surface area contributed by atoms with Gasteiger partial charge in [0.25, 0.3) is 11.6 Å². The molecule has 0 aliphatic carbocycles. The molecule has 1 N–H and O–H groups in total. The lowest BCUT2D eigenvalue weighted by Gasteiger charge is -2.11. The monoisotopic (exact) mass is 423 g/mol. The van der Waals surface area contributed by atoms with Crippen LogP contribution in [0.2, 0.25) is 5.02 Å². The molecule has 2 heterocycles. The Morgan fingerprint density at radius 1 is 1.27 bits per heavy atom. The summed E-state index contributed by atoms with van der Waals surface area (Å²) in [5.74, 6) is 0.185. The van der Waals surface area contributed by atoms with Crippen LogP contribution in [-0.4, -0.2) is 25.4 Å². The van der Waals surface area contributed by atoms with E-state index in [9.17, 15) is 14.9 Å². The molecule has 10 heteroatoms. The summed E-state index contributed by atoms with van der Waals surface area (Å²) in [4.78, 5) is 27.6. The summed E-state index contributed by atoms with van der Waals surface area (Å²) in [5, 5.41) is 18.6. The normalized spacial score (nSPS) is 10.7. The Bertz CT molecular complexity index is 1290. The number of aryl methyl sites for hydroxylation is 1. The van der Waals surface area contributed by atoms with Gasteiger partial charge in [-0.25, -0.2) is 9.50 Å². The number of nitro benzene ring substituents is 1. The Hall–Kier alpha value is -3.98. The van der Waals surface area contributed by atoms with Crippen LogP contribution in [0, 0.1) is 17.0 Å². The van der Waals surface area contributed by atoms with Gasteiger partial charge in [-0.2, -0.15) is 5.10 Å². The van der Waals surface area contributed by atoms with Crippen molar-refractivity contribution in [1.82, 2.24) is 14.6 Å². The molecule has 0 unspecified atom stereocenters. The van der Waals surface area contributed by atoms with Gasteiger partial charge in [0, 0.05) is 29.5 Å². The zero-order valence-corrected chi connectivity index (χ0v) is 16.3. The molecule has 0 aliphatic heterocycles. The van der Waals surface area contributed by atoms with Crippen molar-refractivity contribution in [2.75, 3.05) is 5.32 Å². The van der Waals surface area contributed by atoms with Gasteiger partial charge in [-0.05, 0) is 36.8 Å². The van der Waals surface area contributed by atoms with Crippen LogP contribution in [0.5, 0.6) is 11.5 Å². The first-order chi connectivity index (χ1) is 14.4. The first kappa shape index (κ1) is 19.3. The van der Waals surface area contributed by atoms with Crippen molar-refractivity contribution in [3.05, 3.63) is 87.3 Å². The summed E-state index contributed by atoms with van der Waals surface area (Å²) in [6.07, 6.45) is 4.58. The molecule has 150 valence electrons. The van der Waals surface area contributed by atoms with Gasteiger partial charge in [-0.3, -0.25) is 14.9 Å². The number of benzene rings is 2. The van der Waals surface area contributed by atoms with Crippen molar-refractivity contribution in [2.24, 2.45) is 0 Å². The molecule has 0 saturated carbocycles. The molecule has 2 aromatic heterocycles. The van der Waals surface area contributed by atoms with E-state index < -0.39 is 10.8 Å². The summed E-state index contributed by atoms with van der Waals surface area (Å²) >= 11 is 5.96. The highest BCUT2D eigenvalue weighted by Gasteiger charge is 2.17. The fourth-order valence-electron chi connectivity index (χ4n) is 2.86. The molecule has 30 heavy (non-hydrogen) atoms. The minimum Gasteiger partial charge on any atom is -0.457 e. The largest absolute Gasteiger partial charge is 0.457 e. The van der Waals surface area contributed by atoms with Crippen molar-refractivity contribution in [3.8, 4) is 11.5 Å². The van der Waals surface area contributed by atoms with Gasteiger partial charge in [-0.15, -0.1) is 0 Å². The first-order valence-electron chi connectivity index (χ1n) is 8.74. The maximum Gasteiger partial charge on any atom is 0.275 e. The molecule has 0 atom stereocenters. The van der Waals surface area contributed by atoms with Crippen molar-refractivity contribution in [1.29, 1.82) is 0 Å². The molecular weight excluding hydrogens is 410 g/mol. The quantitative estimate of drug-likeness (QED) is 0.369. The van der Waals surface area contributed by atoms with Crippen molar-refractivity contribution in [3.63, 3.8) is 0 Å². The van der Waals surface area contributed by atoms with E-state index >= 15 is 0 Å². The highest BCUT2D eigenvalue weighted by Crippen LogP contribution is 2.32. The Morgan fingerprint density at radius 3 is 2.87 bits per heavy atom. The van der Waals surface area contributed by atoms with Crippen molar-refractivity contribution < 1.29 is 14.5 Å². The average Bonchev–Trinajstić information content (AvgIpc) is 3.14. The third-order valence-corrected chi connectivity index (χ3v) is 4.48. The highest BCUT2D eigenvalue weighted by atomic mass is 35.5. The number of nitro groups is 1. The lowest BCUT2D eigenvalue weighted by molar-refractivity contribution is -0.384. The molecule has 0 aliphatic rings. The molecule has 0 radical (unpaired) electrons. The van der Waals surface area contributed by atoms with E-state index in [1.807, 2.05) is 0 Å². The third-order valence-electron chi connectivity index (χ3n) is 4.25. The van der Waals surface area contributed by atoms with Crippen LogP contribution >= 0.6 is 11.6 Å². The van der Waals surface area contributed by atoms with E-state index in [1.54, 1.807) is 43.6 Å². The zero-order chi connectivity index (χ0) is 21.3. The van der Waals surface area contributed by atoms with E-state index in [4.69, 9.17) is 16.3 Å². The van der Waals surface area contributed by atoms with Crippen LogP contribution in [-0.2, 0) is 0 Å². The molecule has 0 saturated heterocycles. The number of nitrogens with one attached hydrogen (secondary N) is 1. The van der Waals surface area contributed by atoms with Crippen LogP contribution in [0.4, 0.5) is 11.4 Å². The lowest BCUT2D eigenvalue weighted by Crippen LogP contribution is -2.12. The molecule has 9 nitrogen and oxygen atoms in total. The number of amides is 1. The number of halogens is 1. The minimum absolute atomic E-state index is 0.197. The fourth-order valence-corrected chi connectivity index (χ4v) is 3.09. The Balaban J connectivity index is 1.65. The van der Waals surface area contributed by atoms with Crippen LogP contribution < -0.4 is 10.1 Å². The van der Waals surface area contributed by atoms with Crippen LogP contribution in [0.15, 0.2) is 61.1 Å². The molecule has 0 fully saturated rings. The number of hydrogen-bond donors (Lipinski definition) is 1. The van der Waals surface area contributed by atoms with Gasteiger partial charge in [0.15, 0.2) is 5.65 Å². The summed E-state index contributed by atoms with van der Waals surface area (Å²) in [7, 11) is 0. The second kappa shape index (κ2) is 7.80. The van der Waals surface area contributed by atoms with Gasteiger partial charge in [0.05, 0.1) is 22.9 Å². The Kier molecular flexibility index (Phi) is 5.03. The zero-order valence-electron chi connectivity index (χ0n) is 15.6. The number of rotatable bonds is 5. The predicted octanol–water partition coefficient (Wildman–Crippen LogP) is 4.64. The predicted molar refractivity (Wildman–Crippen MR) is 110 cm³/mol. The van der Waals surface area contributed by atoms with E-state index in [0.717, 1.165) is 5.56 Å². The molecule has 0 spiro atoms. The summed E-state index contributed by atoms with van der Waals surface area (Å²) in [6, 6.07) is 10.7. The molecule has 2 aromatic carbocycles. The maximum absolute atomic E-state index is 12.7. The number of nitrogens with zero attached hydrogens (tertiary/aromatic N) is 4. The summed E-state index contributed by atoms with van der Waals surface area (Å²) in [5.41, 5.74) is 1.34. The summed E-state index contributed by atoms with van der Waals surface area (Å²) in [6.45, 7) is 1.80. The number of fused-ring (bicyclic) bond motifs is 1. The number of aromatic nitrogens is 3. The van der Waals surface area contributed by atoms with E-state index in [-0.39, 0.29) is 22.7 Å². The number of non-ortho nitro benzene ring substituents is 1. The second-order valence-electron chi connectivity index (χ2n) is 6.38. The van der Waals surface area contributed by atoms with Crippen LogP contribution in [0.3, 0.4) is 0 Å². The Labute approximate surface area is 175 Å². The lowest BCUT2D eigenvalue weighted by atomic mass is 10.2. The van der Waals surface area contributed by atoms with Gasteiger partial charge < -0.3 is 10.1 Å². The minimum atomic E-state index is -0.561. The number of anilines is 1. The van der Waals surface area contributed by atoms with Crippen molar-refractivity contribution in [2.45, 2.75) is 6.92 Å². The second-order valence-corrected chi connectivity index (χ2v) is 6.82. The topological polar surface area (TPSA) is 112 Å². The number of carbonyl (C=O) groups excluding carboxylic acids is 1. The standard InChI is InChI=1S/C20H14ClN5O4/c1-12-7-13(21)3-4-18(12)30-16-9-14(8-15(10-16)26(28)29)24-20(27)17-11-23-25-6-2-5-22-19(17)25/h2-11H,1H3,(H,24,27). The van der Waals surface area contributed by atoms with Crippen LogP contribution in [0.1, 0.15) is 15.9 Å². The number of carbonyl (C=O) groups is 1. The highest BCUT2D eigenvalue weighted by molar-refractivity contribution is 6.30. The molecule has 0 bridgehead atoms. The average molecular weight is 424 g/mol. The summed E-state index contributed by atoms with van der Waals surface area (Å²) < 4.78 is 7.25. The molecule has 4 rings (SSSR count). The van der Waals surface area contributed by atoms with Gasteiger partial charge in [0.2, 0.25) is 0 Å². The number of ether oxygens (including phenoxy) is 1. The Morgan fingerprint density at radius 2 is 2.10 bits per heavy atom. The first-order valence-corrected chi connectivity index (χ1v) is 9.12. The van der Waals surface area contributed by atoms with Crippen molar-refractivity contribution >= 4 is 34.5 Å². The SMILES string of the molecule is Cc1cc(Cl)ccc1Oc1cc(NC(=O)c2cnn3cccnc23)cc([N+](=O)[O-])c1. The maximum atomic E-state index is 12.7. The van der Waals surface area contributed by atoms with E-state index in [1.165, 1.54) is 28.9 Å².